The molecule has 0 aliphatic heterocycles. The van der Waals surface area contributed by atoms with E-state index in [0.29, 0.717) is 5.78 Å². The Hall–Kier alpha value is -13.2. The molecule has 15 heterocycles. The minimum Gasteiger partial charge on any atom is -0.452 e. The summed E-state index contributed by atoms with van der Waals surface area (Å²) in [6, 6.07) is 72.8. The molecule has 0 fully saturated rings. The summed E-state index contributed by atoms with van der Waals surface area (Å²) in [4.78, 5) is 21.3. The van der Waals surface area contributed by atoms with Crippen molar-refractivity contribution in [3.63, 3.8) is 0 Å². The van der Waals surface area contributed by atoms with Gasteiger partial charge in [0.05, 0.1) is 85.1 Å². The molecule has 10 aromatic carbocycles. The van der Waals surface area contributed by atoms with Crippen molar-refractivity contribution in [2.75, 3.05) is 0 Å². The number of hydrogen-bond acceptors (Lipinski definition) is 15. The minimum absolute atomic E-state index is 0.574. The standard InChI is InChI=1S/C21H17N2O2.C20H15N2O2.3C20H15N2S2/c1-12-8-16-19(10-15(12)17-9-13(2)22-11-23(17)3)25-20-14-6-4-5-7-18(14)24-21(16)20;1-12-7-8-14-18-13-5-3-4-6-16(13)23-20(18)24-19(14)17(12)15-11-21-9-10-22(15)2;1-12-9-15-18(10-14(12)16-7-8-21-11-22(16)2)24-19-13-5-3-4-6-17(13)23-20(15)19;1-12-7-8-14-18(17(12)15-9-10-21-11-22(15)2)24-19-13-5-3-4-6-16(13)23-20(14)19;1-12-7-8-14-18-13-5-3-4-6-16(13)23-20(18)24-19(14)17(12)15-9-10-21-11-22(15)2/h4-11H,1-3H3;4*3-11H,1-2H3/q5*+1. The van der Waals surface area contributed by atoms with Crippen molar-refractivity contribution < 1.29 is 40.5 Å². The van der Waals surface area contributed by atoms with Gasteiger partial charge in [-0.15, -0.1) is 68.0 Å². The molecule has 0 atom stereocenters. The summed E-state index contributed by atoms with van der Waals surface area (Å²) in [6.07, 6.45) is 18.6. The van der Waals surface area contributed by atoms with E-state index in [0.717, 1.165) is 94.2 Å². The van der Waals surface area contributed by atoms with E-state index in [1.165, 1.54) is 145 Å². The largest absolute Gasteiger partial charge is 0.452 e. The van der Waals surface area contributed by atoms with Crippen molar-refractivity contribution in [3.8, 4) is 56.3 Å². The van der Waals surface area contributed by atoms with Crippen LogP contribution >= 0.6 is 68.0 Å². The molecule has 25 rings (SSSR count). The van der Waals surface area contributed by atoms with Gasteiger partial charge < -0.3 is 17.7 Å². The number of furan rings is 4. The zero-order valence-corrected chi connectivity index (χ0v) is 72.9. The van der Waals surface area contributed by atoms with Crippen molar-refractivity contribution in [2.45, 2.75) is 41.5 Å². The van der Waals surface area contributed by atoms with Gasteiger partial charge in [-0.2, -0.15) is 4.57 Å². The first kappa shape index (κ1) is 75.3. The van der Waals surface area contributed by atoms with Crippen LogP contribution in [0, 0.1) is 41.5 Å². The van der Waals surface area contributed by atoms with Gasteiger partial charge in [0.15, 0.2) is 28.6 Å². The van der Waals surface area contributed by atoms with Gasteiger partial charge in [-0.05, 0) is 123 Å². The molecule has 0 N–H and O–H groups in total. The average Bonchev–Trinajstić information content (AvgIpc) is 1.61. The molecule has 25 aromatic rings. The van der Waals surface area contributed by atoms with Crippen molar-refractivity contribution in [3.05, 3.63) is 302 Å². The topological polar surface area (TPSA) is 136 Å². The van der Waals surface area contributed by atoms with Crippen LogP contribution in [0.4, 0.5) is 0 Å². The fourth-order valence-electron chi connectivity index (χ4n) is 17.1. The highest BCUT2D eigenvalue weighted by atomic mass is 32.2. The third kappa shape index (κ3) is 12.9. The summed E-state index contributed by atoms with van der Waals surface area (Å²) in [5.41, 5.74) is 24.2. The number of thiophene rings is 6. The van der Waals surface area contributed by atoms with Crippen LogP contribution in [-0.2, 0) is 35.2 Å². The van der Waals surface area contributed by atoms with E-state index in [1.807, 2.05) is 199 Å². The van der Waals surface area contributed by atoms with E-state index >= 15 is 0 Å². The maximum absolute atomic E-state index is 6.17. The number of rotatable bonds is 5. The Balaban J connectivity index is 0.0000000934. The second-order valence-corrected chi connectivity index (χ2v) is 37.4. The van der Waals surface area contributed by atoms with Crippen molar-refractivity contribution in [1.29, 1.82) is 0 Å². The first-order valence-corrected chi connectivity index (χ1v) is 44.7. The molecule has 0 aliphatic rings. The Morgan fingerprint density at radius 3 is 1.43 bits per heavy atom. The maximum atomic E-state index is 6.17. The van der Waals surface area contributed by atoms with Crippen LogP contribution in [0.1, 0.15) is 33.5 Å². The summed E-state index contributed by atoms with van der Waals surface area (Å²) >= 11 is 11.5. The maximum Gasteiger partial charge on any atom is 0.299 e. The Morgan fingerprint density at radius 1 is 0.281 bits per heavy atom. The molecule has 14 nitrogen and oxygen atoms in total. The average molecular weight is 1690 g/mol. The molecule has 0 amide bonds. The lowest BCUT2D eigenvalue weighted by atomic mass is 10.0. The van der Waals surface area contributed by atoms with E-state index in [9.17, 15) is 0 Å². The molecule has 0 radical (unpaired) electrons. The Bertz CT molecular complexity index is 8210. The SMILES string of the molecule is Cc1cc(-c2cc3oc4c5ccccc5oc4c3cc2C)[n+](C)cn1.Cc1cc2c(cc1-c1ccnc[n+]1C)sc1c3ccccc3sc21.Cc1ccc2c(oc3oc4ccccc4c32)c1-c1cncc[n+]1C.Cc1ccc2c(sc3c4ccccc4sc23)c1-c1ccnc[n+]1C.Cc1ccc2c(sc3sc4ccccc4c32)c1-c1ccnc[n+]1C. The lowest BCUT2D eigenvalue weighted by Gasteiger charge is -2.07. The van der Waals surface area contributed by atoms with Gasteiger partial charge in [-0.25, -0.2) is 18.3 Å². The van der Waals surface area contributed by atoms with Crippen LogP contribution in [0.2, 0.25) is 0 Å². The molecule has 0 saturated carbocycles. The quantitative estimate of drug-likeness (QED) is 0.154. The molecule has 0 aliphatic carbocycles. The molecule has 121 heavy (non-hydrogen) atoms. The molecule has 0 bridgehead atoms. The van der Waals surface area contributed by atoms with Gasteiger partial charge in [-0.3, -0.25) is 4.98 Å². The highest BCUT2D eigenvalue weighted by Gasteiger charge is 2.27. The van der Waals surface area contributed by atoms with Gasteiger partial charge in [-0.1, -0.05) is 141 Å². The second-order valence-electron chi connectivity index (χ2n) is 30.9. The minimum atomic E-state index is 0.574. The van der Waals surface area contributed by atoms with Gasteiger partial charge >= 0.3 is 0 Å². The van der Waals surface area contributed by atoms with Crippen molar-refractivity contribution in [1.82, 2.24) is 24.9 Å². The monoisotopic (exact) mass is 1690 g/mol. The fraction of sp³-hybridized carbons (Fsp3) is 0.109. The third-order valence-electron chi connectivity index (χ3n) is 23.1. The van der Waals surface area contributed by atoms with Gasteiger partial charge in [0.2, 0.25) is 5.69 Å². The highest BCUT2D eigenvalue weighted by molar-refractivity contribution is 7.45. The zero-order valence-electron chi connectivity index (χ0n) is 68.0. The smallest absolute Gasteiger partial charge is 0.299 e. The van der Waals surface area contributed by atoms with Crippen molar-refractivity contribution >= 4 is 223 Å². The number of nitrogens with zero attached hydrogens (tertiary/aromatic N) is 10. The number of aromatic nitrogens is 10. The zero-order chi connectivity index (χ0) is 82.2. The van der Waals surface area contributed by atoms with Crippen LogP contribution in [0.5, 0.6) is 0 Å². The van der Waals surface area contributed by atoms with E-state index in [4.69, 9.17) is 17.7 Å². The number of benzene rings is 10. The highest BCUT2D eigenvalue weighted by Crippen LogP contribution is 2.51. The summed E-state index contributed by atoms with van der Waals surface area (Å²) in [5.74, 6) is 0.574. The first-order chi connectivity index (χ1) is 59.0. The molecule has 20 heteroatoms. The van der Waals surface area contributed by atoms with E-state index in [-0.39, 0.29) is 0 Å². The van der Waals surface area contributed by atoms with Gasteiger partial charge in [0, 0.05) is 130 Å². The lowest BCUT2D eigenvalue weighted by Crippen LogP contribution is -2.31. The Labute approximate surface area is 717 Å². The molecule has 0 saturated heterocycles. The summed E-state index contributed by atoms with van der Waals surface area (Å²) in [6.45, 7) is 12.8. The van der Waals surface area contributed by atoms with Gasteiger partial charge in [0.1, 0.15) is 65.2 Å². The number of fused-ring (bicyclic) bond motifs is 25. The molecular weight excluding hydrogens is 1610 g/mol. The normalized spacial score (nSPS) is 11.8. The molecule has 15 aromatic heterocycles. The van der Waals surface area contributed by atoms with E-state index < -0.39 is 0 Å². The van der Waals surface area contributed by atoms with Crippen molar-refractivity contribution in [2.24, 2.45) is 35.2 Å². The van der Waals surface area contributed by atoms with Crippen LogP contribution in [0.25, 0.3) is 211 Å². The third-order valence-corrected chi connectivity index (χ3v) is 30.7. The van der Waals surface area contributed by atoms with Gasteiger partial charge in [0.25, 0.3) is 31.1 Å². The second kappa shape index (κ2) is 30.3. The molecule has 586 valence electrons. The lowest BCUT2D eigenvalue weighted by molar-refractivity contribution is -0.663. The summed E-state index contributed by atoms with van der Waals surface area (Å²) < 4.78 is 50.0. The van der Waals surface area contributed by atoms with Crippen LogP contribution in [-0.4, -0.2) is 24.9 Å². The first-order valence-electron chi connectivity index (χ1n) is 39.8. The van der Waals surface area contributed by atoms with Crippen LogP contribution in [0.15, 0.2) is 286 Å². The summed E-state index contributed by atoms with van der Waals surface area (Å²) in [7, 11) is 10.2. The van der Waals surface area contributed by atoms with Crippen LogP contribution < -0.4 is 22.8 Å². The predicted octanol–water partition coefficient (Wildman–Crippen LogP) is 25.8. The van der Waals surface area contributed by atoms with E-state index in [2.05, 4.69) is 256 Å². The predicted molar refractivity (Wildman–Crippen MR) is 502 cm³/mol. The number of para-hydroxylation sites is 2. The van der Waals surface area contributed by atoms with Crippen LogP contribution in [0.3, 0.4) is 0 Å². The summed E-state index contributed by atoms with van der Waals surface area (Å²) in [5, 5.41) is 14.9. The number of hydrogen-bond donors (Lipinski definition) is 0. The van der Waals surface area contributed by atoms with E-state index in [1.54, 1.807) is 6.20 Å². The molecular formula is C101H77N10O4S6+5. The fourth-order valence-corrected chi connectivity index (χ4v) is 25.4. The Morgan fingerprint density at radius 2 is 0.777 bits per heavy atom. The molecule has 0 unspecified atom stereocenters. The Kier molecular flexibility index (Phi) is 18.8. The number of aryl methyl sites for hydroxylation is 11. The molecule has 0 spiro atoms.